The number of aromatic nitrogens is 3. The van der Waals surface area contributed by atoms with E-state index in [2.05, 4.69) is 25.9 Å². The first kappa shape index (κ1) is 16.7. The van der Waals surface area contributed by atoms with Crippen LogP contribution in [0.1, 0.15) is 45.4 Å². The van der Waals surface area contributed by atoms with Gasteiger partial charge in [-0.3, -0.25) is 10.1 Å². The number of nitrogens with zero attached hydrogens (tertiary/aromatic N) is 3. The summed E-state index contributed by atoms with van der Waals surface area (Å²) < 4.78 is 1.07. The summed E-state index contributed by atoms with van der Waals surface area (Å²) in [7, 11) is 0. The van der Waals surface area contributed by atoms with Crippen LogP contribution in [0.15, 0.2) is 34.0 Å². The van der Waals surface area contributed by atoms with Gasteiger partial charge >= 0.3 is 0 Å². The summed E-state index contributed by atoms with van der Waals surface area (Å²) in [5.74, 6) is 1.26. The molecule has 3 aromatic rings. The van der Waals surface area contributed by atoms with E-state index in [1.165, 1.54) is 29.7 Å². The molecule has 1 N–H and O–H groups in total. The molecule has 1 aliphatic rings. The lowest BCUT2D eigenvalue weighted by Crippen LogP contribution is -2.11. The zero-order valence-corrected chi connectivity index (χ0v) is 16.0. The third-order valence-corrected chi connectivity index (χ3v) is 6.98. The molecule has 1 saturated carbocycles. The lowest BCUT2D eigenvalue weighted by molar-refractivity contribution is 0.102. The molecule has 8 heteroatoms. The van der Waals surface area contributed by atoms with E-state index in [1.54, 1.807) is 23.1 Å². The van der Waals surface area contributed by atoms with Gasteiger partial charge in [-0.2, -0.15) is 0 Å². The Morgan fingerprint density at radius 3 is 2.76 bits per heavy atom. The van der Waals surface area contributed by atoms with Crippen LogP contribution in [0.25, 0.3) is 0 Å². The third-order valence-electron chi connectivity index (χ3n) is 3.76. The topological polar surface area (TPSA) is 67.8 Å². The Morgan fingerprint density at radius 1 is 1.28 bits per heavy atom. The second kappa shape index (κ2) is 7.23. The lowest BCUT2D eigenvalue weighted by atomic mass is 10.1. The molecule has 1 amide bonds. The number of carbonyl (C=O) groups is 1. The maximum Gasteiger partial charge on any atom is 0.257 e. The number of benzene rings is 1. The Hall–Kier alpha value is -1.77. The van der Waals surface area contributed by atoms with Crippen molar-refractivity contribution in [1.29, 1.82) is 0 Å². The van der Waals surface area contributed by atoms with E-state index in [-0.39, 0.29) is 5.91 Å². The molecule has 4 rings (SSSR count). The Balaban J connectivity index is 1.34. The number of amides is 1. The van der Waals surface area contributed by atoms with Crippen molar-refractivity contribution in [3.63, 3.8) is 0 Å². The summed E-state index contributed by atoms with van der Waals surface area (Å²) in [6, 6.07) is 7.67. The van der Waals surface area contributed by atoms with Crippen LogP contribution in [0.4, 0.5) is 5.13 Å². The molecule has 1 fully saturated rings. The zero-order valence-electron chi connectivity index (χ0n) is 13.6. The number of anilines is 1. The number of rotatable bonds is 6. The SMILES string of the molecule is Cc1csc(SCc2ccc(C(=O)Nc3nnc(C4CC4)s3)cc2)n1. The first-order valence-corrected chi connectivity index (χ1v) is 10.6. The lowest BCUT2D eigenvalue weighted by Gasteiger charge is -2.03. The van der Waals surface area contributed by atoms with E-state index in [4.69, 9.17) is 0 Å². The van der Waals surface area contributed by atoms with Gasteiger partial charge in [0.05, 0.1) is 0 Å². The molecule has 0 aliphatic heterocycles. The zero-order chi connectivity index (χ0) is 17.2. The molecule has 0 spiro atoms. The van der Waals surface area contributed by atoms with Crippen molar-refractivity contribution in [2.45, 2.75) is 35.8 Å². The minimum atomic E-state index is -0.145. The second-order valence-electron chi connectivity index (χ2n) is 5.91. The molecule has 0 radical (unpaired) electrons. The van der Waals surface area contributed by atoms with Crippen molar-refractivity contribution in [2.24, 2.45) is 0 Å². The number of thioether (sulfide) groups is 1. The van der Waals surface area contributed by atoms with Gasteiger partial charge in [-0.25, -0.2) is 4.98 Å². The molecule has 0 unspecified atom stereocenters. The molecule has 0 saturated heterocycles. The van der Waals surface area contributed by atoms with Gasteiger partial charge in [0.1, 0.15) is 9.35 Å². The average Bonchev–Trinajstić information content (AvgIpc) is 3.23. The van der Waals surface area contributed by atoms with E-state index in [9.17, 15) is 4.79 Å². The number of nitrogens with one attached hydrogen (secondary N) is 1. The predicted octanol–water partition coefficient (Wildman–Crippen LogP) is 4.73. The van der Waals surface area contributed by atoms with Gasteiger partial charge in [-0.1, -0.05) is 35.2 Å². The molecule has 0 bridgehead atoms. The molecule has 128 valence electrons. The average molecular weight is 389 g/mol. The minimum Gasteiger partial charge on any atom is -0.296 e. The quantitative estimate of drug-likeness (QED) is 0.619. The highest BCUT2D eigenvalue weighted by molar-refractivity contribution is 8.00. The Labute approximate surface area is 157 Å². The summed E-state index contributed by atoms with van der Waals surface area (Å²) >= 11 is 4.85. The van der Waals surface area contributed by atoms with Crippen LogP contribution in [-0.4, -0.2) is 21.1 Å². The normalized spacial score (nSPS) is 13.8. The summed E-state index contributed by atoms with van der Waals surface area (Å²) in [5, 5.41) is 14.7. The smallest absolute Gasteiger partial charge is 0.257 e. The number of thiazole rings is 1. The highest BCUT2D eigenvalue weighted by Crippen LogP contribution is 2.42. The Morgan fingerprint density at radius 2 is 2.08 bits per heavy atom. The van der Waals surface area contributed by atoms with Crippen LogP contribution in [-0.2, 0) is 5.75 Å². The third kappa shape index (κ3) is 4.26. The van der Waals surface area contributed by atoms with Gasteiger partial charge in [0, 0.05) is 28.3 Å². The maximum atomic E-state index is 12.3. The van der Waals surface area contributed by atoms with Crippen LogP contribution >= 0.6 is 34.4 Å². The molecular formula is C17H16N4OS3. The predicted molar refractivity (Wildman–Crippen MR) is 103 cm³/mol. The summed E-state index contributed by atoms with van der Waals surface area (Å²) in [6.45, 7) is 2.00. The van der Waals surface area contributed by atoms with Crippen molar-refractivity contribution >= 4 is 45.5 Å². The van der Waals surface area contributed by atoms with Crippen molar-refractivity contribution in [2.75, 3.05) is 5.32 Å². The van der Waals surface area contributed by atoms with Crippen LogP contribution in [0.2, 0.25) is 0 Å². The molecule has 1 aromatic carbocycles. The van der Waals surface area contributed by atoms with E-state index in [0.29, 0.717) is 16.6 Å². The van der Waals surface area contributed by atoms with E-state index in [1.807, 2.05) is 31.2 Å². The van der Waals surface area contributed by atoms with E-state index >= 15 is 0 Å². The molecule has 0 atom stereocenters. The Kier molecular flexibility index (Phi) is 4.82. The highest BCUT2D eigenvalue weighted by Gasteiger charge is 2.27. The number of aryl methyl sites for hydroxylation is 1. The van der Waals surface area contributed by atoms with Crippen LogP contribution < -0.4 is 5.32 Å². The summed E-state index contributed by atoms with van der Waals surface area (Å²) in [4.78, 5) is 16.8. The van der Waals surface area contributed by atoms with Crippen LogP contribution in [0.5, 0.6) is 0 Å². The van der Waals surface area contributed by atoms with Crippen molar-refractivity contribution < 1.29 is 4.79 Å². The summed E-state index contributed by atoms with van der Waals surface area (Å²) in [6.07, 6.45) is 2.37. The molecule has 2 heterocycles. The van der Waals surface area contributed by atoms with Gasteiger partial charge in [0.15, 0.2) is 0 Å². The number of hydrogen-bond donors (Lipinski definition) is 1. The van der Waals surface area contributed by atoms with Crippen LogP contribution in [0, 0.1) is 6.92 Å². The summed E-state index contributed by atoms with van der Waals surface area (Å²) in [5.41, 5.74) is 2.85. The second-order valence-corrected chi connectivity index (χ2v) is 9.00. The molecule has 2 aromatic heterocycles. The van der Waals surface area contributed by atoms with E-state index in [0.717, 1.165) is 20.8 Å². The maximum absolute atomic E-state index is 12.3. The first-order chi connectivity index (χ1) is 12.2. The van der Waals surface area contributed by atoms with Gasteiger partial charge in [0.25, 0.3) is 5.91 Å². The minimum absolute atomic E-state index is 0.145. The Bertz CT molecular complexity index is 883. The number of hydrogen-bond acceptors (Lipinski definition) is 7. The largest absolute Gasteiger partial charge is 0.296 e. The molecule has 5 nitrogen and oxygen atoms in total. The molecule has 25 heavy (non-hydrogen) atoms. The monoisotopic (exact) mass is 388 g/mol. The van der Waals surface area contributed by atoms with Gasteiger partial charge in [-0.15, -0.1) is 21.5 Å². The molecule has 1 aliphatic carbocycles. The fraction of sp³-hybridized carbons (Fsp3) is 0.294. The van der Waals surface area contributed by atoms with E-state index < -0.39 is 0 Å². The fourth-order valence-electron chi connectivity index (χ4n) is 2.25. The van der Waals surface area contributed by atoms with Crippen molar-refractivity contribution in [3.05, 3.63) is 51.5 Å². The molecular weight excluding hydrogens is 372 g/mol. The van der Waals surface area contributed by atoms with Gasteiger partial charge < -0.3 is 0 Å². The number of carbonyl (C=O) groups excluding carboxylic acids is 1. The van der Waals surface area contributed by atoms with Crippen molar-refractivity contribution in [3.8, 4) is 0 Å². The van der Waals surface area contributed by atoms with Crippen LogP contribution in [0.3, 0.4) is 0 Å². The van der Waals surface area contributed by atoms with Crippen molar-refractivity contribution in [1.82, 2.24) is 15.2 Å². The first-order valence-electron chi connectivity index (χ1n) is 7.96. The highest BCUT2D eigenvalue weighted by atomic mass is 32.2. The van der Waals surface area contributed by atoms with Gasteiger partial charge in [0.2, 0.25) is 5.13 Å². The van der Waals surface area contributed by atoms with Gasteiger partial charge in [-0.05, 0) is 37.5 Å². The standard InChI is InChI=1S/C17H16N4OS3/c1-10-8-23-17(18-10)24-9-11-2-4-12(5-3-11)14(22)19-16-21-20-15(25-16)13-6-7-13/h2-5,8,13H,6-7,9H2,1H3,(H,19,21,22). The fourth-order valence-corrected chi connectivity index (χ4v) is 4.96.